The molecule has 1 aliphatic carbocycles. The fraction of sp³-hybridized carbons (Fsp3) is 0.474. The van der Waals surface area contributed by atoms with Gasteiger partial charge < -0.3 is 10.6 Å². The zero-order chi connectivity index (χ0) is 18.9. The Hall–Kier alpha value is -2.88. The van der Waals surface area contributed by atoms with E-state index in [1.165, 1.54) is 0 Å². The average Bonchev–Trinajstić information content (AvgIpc) is 3.15. The normalized spacial score (nSPS) is 24.3. The Bertz CT molecular complexity index is 790. The monoisotopic (exact) mass is 354 g/mol. The molecule has 0 spiro atoms. The molecule has 2 N–H and O–H groups in total. The van der Waals surface area contributed by atoms with Crippen molar-refractivity contribution >= 4 is 17.8 Å². The van der Waals surface area contributed by atoms with Crippen LogP contribution in [0.15, 0.2) is 24.3 Å². The largest absolute Gasteiger partial charge is 0.336 e. The maximum Gasteiger partial charge on any atom is 0.325 e. The zero-order valence-corrected chi connectivity index (χ0v) is 15.0. The first-order valence-corrected chi connectivity index (χ1v) is 8.73. The van der Waals surface area contributed by atoms with Crippen LogP contribution in [0.3, 0.4) is 0 Å². The van der Waals surface area contributed by atoms with Gasteiger partial charge in [-0.25, -0.2) is 4.79 Å². The van der Waals surface area contributed by atoms with E-state index >= 15 is 0 Å². The Labute approximate surface area is 152 Å². The van der Waals surface area contributed by atoms with Crippen LogP contribution in [0.25, 0.3) is 0 Å². The van der Waals surface area contributed by atoms with Crippen molar-refractivity contribution in [2.24, 2.45) is 0 Å². The van der Waals surface area contributed by atoms with Gasteiger partial charge in [0.25, 0.3) is 5.91 Å². The fourth-order valence-electron chi connectivity index (χ4n) is 3.62. The Morgan fingerprint density at radius 2 is 1.88 bits per heavy atom. The van der Waals surface area contributed by atoms with Crippen LogP contribution in [-0.4, -0.2) is 34.8 Å². The summed E-state index contributed by atoms with van der Waals surface area (Å²) in [7, 11) is 0. The number of carbonyl (C=O) groups is 3. The number of carbonyl (C=O) groups excluding carboxylic acids is 3. The molecule has 7 heteroatoms. The molecule has 2 aliphatic rings. The van der Waals surface area contributed by atoms with Crippen LogP contribution in [0.5, 0.6) is 0 Å². The number of hydrogen-bond donors (Lipinski definition) is 2. The van der Waals surface area contributed by atoms with Gasteiger partial charge in [0, 0.05) is 0 Å². The Morgan fingerprint density at radius 1 is 1.27 bits per heavy atom. The predicted octanol–water partition coefficient (Wildman–Crippen LogP) is 1.71. The highest BCUT2D eigenvalue weighted by Gasteiger charge is 2.49. The molecule has 0 aromatic heterocycles. The van der Waals surface area contributed by atoms with E-state index in [2.05, 4.69) is 16.7 Å². The standard InChI is InChI=1S/C19H22N4O3/c1-13-5-7-14(8-6-13)18(2)16(25)23(17(26)22-18)11-15(24)21-19(12-20)9-3-4-10-19/h5-8H,3-4,9-11H2,1-2H3,(H,21,24)(H,22,26)/t18-/m1/s1. The summed E-state index contributed by atoms with van der Waals surface area (Å²) >= 11 is 0. The summed E-state index contributed by atoms with van der Waals surface area (Å²) in [6.45, 7) is 3.17. The third kappa shape index (κ3) is 3.03. The summed E-state index contributed by atoms with van der Waals surface area (Å²) in [5, 5.41) is 14.8. The van der Waals surface area contributed by atoms with Gasteiger partial charge in [0.2, 0.25) is 5.91 Å². The molecule has 0 bridgehead atoms. The van der Waals surface area contributed by atoms with Crippen molar-refractivity contribution in [2.45, 2.75) is 50.6 Å². The van der Waals surface area contributed by atoms with Gasteiger partial charge in [-0.3, -0.25) is 14.5 Å². The second-order valence-electron chi connectivity index (χ2n) is 7.26. The molecule has 1 aromatic carbocycles. The molecule has 1 aromatic rings. The van der Waals surface area contributed by atoms with Crippen LogP contribution in [-0.2, 0) is 15.1 Å². The van der Waals surface area contributed by atoms with Gasteiger partial charge in [-0.15, -0.1) is 0 Å². The van der Waals surface area contributed by atoms with Gasteiger partial charge in [-0.05, 0) is 45.1 Å². The summed E-state index contributed by atoms with van der Waals surface area (Å²) in [6.07, 6.45) is 2.94. The fourth-order valence-corrected chi connectivity index (χ4v) is 3.62. The number of nitrogens with zero attached hydrogens (tertiary/aromatic N) is 2. The van der Waals surface area contributed by atoms with E-state index in [9.17, 15) is 19.6 Å². The van der Waals surface area contributed by atoms with Crippen LogP contribution >= 0.6 is 0 Å². The lowest BCUT2D eigenvalue weighted by atomic mass is 9.91. The first-order valence-electron chi connectivity index (χ1n) is 8.73. The molecule has 136 valence electrons. The highest BCUT2D eigenvalue weighted by atomic mass is 16.2. The zero-order valence-electron chi connectivity index (χ0n) is 15.0. The molecule has 2 fully saturated rings. The predicted molar refractivity (Wildman–Crippen MR) is 93.7 cm³/mol. The van der Waals surface area contributed by atoms with Crippen molar-refractivity contribution in [1.82, 2.24) is 15.5 Å². The van der Waals surface area contributed by atoms with Crippen LogP contribution in [0, 0.1) is 18.3 Å². The lowest BCUT2D eigenvalue weighted by Gasteiger charge is -2.24. The van der Waals surface area contributed by atoms with E-state index in [0.717, 1.165) is 23.3 Å². The molecule has 1 heterocycles. The van der Waals surface area contributed by atoms with Crippen LogP contribution < -0.4 is 10.6 Å². The van der Waals surface area contributed by atoms with Crippen LogP contribution in [0.2, 0.25) is 0 Å². The smallest absolute Gasteiger partial charge is 0.325 e. The molecule has 1 saturated heterocycles. The number of rotatable bonds is 4. The maximum absolute atomic E-state index is 12.8. The lowest BCUT2D eigenvalue weighted by Crippen LogP contribution is -2.50. The Kier molecular flexibility index (Phi) is 4.45. The van der Waals surface area contributed by atoms with Gasteiger partial charge in [-0.1, -0.05) is 29.8 Å². The highest BCUT2D eigenvalue weighted by molar-refractivity contribution is 6.09. The number of benzene rings is 1. The number of urea groups is 1. The van der Waals surface area contributed by atoms with Crippen molar-refractivity contribution in [3.63, 3.8) is 0 Å². The summed E-state index contributed by atoms with van der Waals surface area (Å²) in [5.41, 5.74) is -0.376. The number of hydrogen-bond acceptors (Lipinski definition) is 4. The number of nitriles is 1. The summed E-state index contributed by atoms with van der Waals surface area (Å²) in [5.74, 6) is -0.968. The second kappa shape index (κ2) is 6.45. The molecule has 0 radical (unpaired) electrons. The molecule has 3 rings (SSSR count). The Morgan fingerprint density at radius 3 is 2.46 bits per heavy atom. The average molecular weight is 354 g/mol. The molecule has 1 atom stereocenters. The lowest BCUT2D eigenvalue weighted by molar-refractivity contribution is -0.135. The quantitative estimate of drug-likeness (QED) is 0.804. The minimum atomic E-state index is -1.20. The molecule has 0 unspecified atom stereocenters. The van der Waals surface area contributed by atoms with E-state index in [4.69, 9.17) is 0 Å². The minimum absolute atomic E-state index is 0.393. The SMILES string of the molecule is Cc1ccc([C@@]2(C)NC(=O)N(CC(=O)NC3(C#N)CCCC3)C2=O)cc1. The molecular formula is C19H22N4O3. The first kappa shape index (κ1) is 17.9. The molecule has 1 saturated carbocycles. The third-order valence-corrected chi connectivity index (χ3v) is 5.26. The summed E-state index contributed by atoms with van der Waals surface area (Å²) in [4.78, 5) is 38.4. The molecule has 26 heavy (non-hydrogen) atoms. The number of nitrogens with one attached hydrogen (secondary N) is 2. The molecule has 1 aliphatic heterocycles. The van der Waals surface area contributed by atoms with Crippen molar-refractivity contribution in [3.05, 3.63) is 35.4 Å². The summed E-state index contributed by atoms with van der Waals surface area (Å²) in [6, 6.07) is 8.88. The molecule has 4 amide bonds. The van der Waals surface area contributed by atoms with Crippen LogP contribution in [0.4, 0.5) is 4.79 Å². The Balaban J connectivity index is 1.74. The number of imide groups is 1. The van der Waals surface area contributed by atoms with Gasteiger partial charge in [0.05, 0.1) is 6.07 Å². The van der Waals surface area contributed by atoms with E-state index in [-0.39, 0.29) is 0 Å². The van der Waals surface area contributed by atoms with Gasteiger partial charge in [0.15, 0.2) is 0 Å². The van der Waals surface area contributed by atoms with E-state index in [1.807, 2.05) is 19.1 Å². The second-order valence-corrected chi connectivity index (χ2v) is 7.26. The maximum atomic E-state index is 12.8. The van der Waals surface area contributed by atoms with Crippen molar-refractivity contribution in [1.29, 1.82) is 5.26 Å². The van der Waals surface area contributed by atoms with E-state index in [0.29, 0.717) is 18.4 Å². The summed E-state index contributed by atoms with van der Waals surface area (Å²) < 4.78 is 0. The van der Waals surface area contributed by atoms with Crippen molar-refractivity contribution in [3.8, 4) is 6.07 Å². The number of amides is 4. The van der Waals surface area contributed by atoms with E-state index < -0.39 is 35.5 Å². The molecule has 7 nitrogen and oxygen atoms in total. The van der Waals surface area contributed by atoms with Crippen LogP contribution in [0.1, 0.15) is 43.7 Å². The topological polar surface area (TPSA) is 102 Å². The van der Waals surface area contributed by atoms with Gasteiger partial charge >= 0.3 is 6.03 Å². The van der Waals surface area contributed by atoms with E-state index in [1.54, 1.807) is 19.1 Å². The van der Waals surface area contributed by atoms with Gasteiger partial charge in [-0.2, -0.15) is 5.26 Å². The molecular weight excluding hydrogens is 332 g/mol. The van der Waals surface area contributed by atoms with Crippen molar-refractivity contribution in [2.75, 3.05) is 6.54 Å². The third-order valence-electron chi connectivity index (χ3n) is 5.26. The number of aryl methyl sites for hydroxylation is 1. The van der Waals surface area contributed by atoms with Crippen molar-refractivity contribution < 1.29 is 14.4 Å². The minimum Gasteiger partial charge on any atom is -0.336 e. The van der Waals surface area contributed by atoms with Gasteiger partial charge in [0.1, 0.15) is 17.6 Å². The first-order chi connectivity index (χ1) is 12.3. The highest BCUT2D eigenvalue weighted by Crippen LogP contribution is 2.30.